The molecule has 1 aliphatic carbocycles. The number of nitriles is 1. The summed E-state index contributed by atoms with van der Waals surface area (Å²) in [6, 6.07) is 12.0. The van der Waals surface area contributed by atoms with Gasteiger partial charge in [-0.05, 0) is 41.8 Å². The van der Waals surface area contributed by atoms with E-state index in [-0.39, 0.29) is 16.7 Å². The van der Waals surface area contributed by atoms with Gasteiger partial charge in [-0.25, -0.2) is 13.6 Å². The third-order valence-corrected chi connectivity index (χ3v) is 6.64. The summed E-state index contributed by atoms with van der Waals surface area (Å²) >= 11 is 6.27. The van der Waals surface area contributed by atoms with Crippen molar-refractivity contribution in [3.63, 3.8) is 0 Å². The third kappa shape index (κ3) is 3.97. The van der Waals surface area contributed by atoms with Crippen molar-refractivity contribution < 1.29 is 13.2 Å². The molecule has 1 saturated heterocycles. The van der Waals surface area contributed by atoms with E-state index in [0.29, 0.717) is 17.0 Å². The summed E-state index contributed by atoms with van der Waals surface area (Å²) in [5.41, 5.74) is 2.25. The van der Waals surface area contributed by atoms with Crippen molar-refractivity contribution in [2.24, 2.45) is 5.14 Å². The molecular weight excluding hydrogens is 412 g/mol. The number of piperazine rings is 1. The van der Waals surface area contributed by atoms with Crippen molar-refractivity contribution in [3.8, 4) is 11.8 Å². The fourth-order valence-corrected chi connectivity index (χ4v) is 5.05. The summed E-state index contributed by atoms with van der Waals surface area (Å²) in [6.07, 6.45) is 0.175. The second-order valence-electron chi connectivity index (χ2n) is 7.22. The summed E-state index contributed by atoms with van der Waals surface area (Å²) < 4.78 is 30.3. The lowest BCUT2D eigenvalue weighted by molar-refractivity contribution is 0.0675. The maximum Gasteiger partial charge on any atom is 0.241 e. The summed E-state index contributed by atoms with van der Waals surface area (Å²) in [4.78, 5) is 2.26. The molecule has 1 fully saturated rings. The minimum absolute atomic E-state index is 0.0359. The number of benzene rings is 2. The normalized spacial score (nSPS) is 22.1. The predicted octanol–water partition coefficient (Wildman–Crippen LogP) is 1.81. The standard InChI is InChI=1S/C20H21ClN4O3S/c21-14-9-13(12-22)15-11-17(25-7-5-24-6-8-25)20(16(15)10-14)28-18-3-1-2-4-19(18)29(23,26)27/h1-4,9-10,17,20,24H,5-8,11H2,(H2,23,26,27)/t17-,20-/m0/s1. The number of hydrogen-bond donors (Lipinski definition) is 2. The van der Waals surface area contributed by atoms with E-state index in [4.69, 9.17) is 21.5 Å². The smallest absolute Gasteiger partial charge is 0.241 e. The predicted molar refractivity (Wildman–Crippen MR) is 109 cm³/mol. The van der Waals surface area contributed by atoms with Gasteiger partial charge in [-0.3, -0.25) is 4.90 Å². The Hall–Kier alpha value is -2.15. The molecule has 152 valence electrons. The number of nitrogens with zero attached hydrogens (tertiary/aromatic N) is 2. The number of rotatable bonds is 4. The average molecular weight is 433 g/mol. The molecule has 0 saturated carbocycles. The zero-order chi connectivity index (χ0) is 20.6. The summed E-state index contributed by atoms with van der Waals surface area (Å²) in [6.45, 7) is 3.40. The Labute approximate surface area is 175 Å². The number of sulfonamides is 1. The molecular formula is C20H21ClN4O3S. The topological polar surface area (TPSA) is 108 Å². The molecule has 2 aromatic rings. The van der Waals surface area contributed by atoms with Crippen LogP contribution in [0.3, 0.4) is 0 Å². The lowest BCUT2D eigenvalue weighted by atomic mass is 10.0. The molecule has 0 bridgehead atoms. The van der Waals surface area contributed by atoms with Crippen LogP contribution in [0, 0.1) is 11.3 Å². The maximum absolute atomic E-state index is 12.0. The number of ether oxygens (including phenoxy) is 1. The van der Waals surface area contributed by atoms with Crippen LogP contribution < -0.4 is 15.2 Å². The van der Waals surface area contributed by atoms with E-state index >= 15 is 0 Å². The Bertz CT molecular complexity index is 1080. The van der Waals surface area contributed by atoms with E-state index < -0.39 is 16.1 Å². The molecule has 1 heterocycles. The number of halogens is 1. The van der Waals surface area contributed by atoms with Crippen LogP contribution in [0.25, 0.3) is 0 Å². The molecule has 0 spiro atoms. The highest BCUT2D eigenvalue weighted by atomic mass is 35.5. The van der Waals surface area contributed by atoms with Gasteiger partial charge in [0.25, 0.3) is 0 Å². The highest BCUT2D eigenvalue weighted by molar-refractivity contribution is 7.89. The number of primary sulfonamides is 1. The number of nitrogens with one attached hydrogen (secondary N) is 1. The first-order chi connectivity index (χ1) is 13.9. The molecule has 4 rings (SSSR count). The Morgan fingerprint density at radius 3 is 2.66 bits per heavy atom. The van der Waals surface area contributed by atoms with E-state index in [1.807, 2.05) is 6.07 Å². The number of para-hydroxylation sites is 1. The van der Waals surface area contributed by atoms with Crippen LogP contribution in [0.15, 0.2) is 41.3 Å². The van der Waals surface area contributed by atoms with Crippen LogP contribution in [0.1, 0.15) is 22.8 Å². The second kappa shape index (κ2) is 7.94. The molecule has 2 aliphatic rings. The molecule has 1 aliphatic heterocycles. The quantitative estimate of drug-likeness (QED) is 0.762. The molecule has 0 radical (unpaired) electrons. The number of nitrogens with two attached hydrogens (primary N) is 1. The Balaban J connectivity index is 1.79. The molecule has 7 nitrogen and oxygen atoms in total. The highest BCUT2D eigenvalue weighted by Gasteiger charge is 2.40. The van der Waals surface area contributed by atoms with Crippen LogP contribution >= 0.6 is 11.6 Å². The zero-order valence-corrected chi connectivity index (χ0v) is 17.2. The molecule has 0 unspecified atom stereocenters. The number of hydrogen-bond acceptors (Lipinski definition) is 6. The number of fused-ring (bicyclic) bond motifs is 1. The van der Waals surface area contributed by atoms with Crippen molar-refractivity contribution in [1.29, 1.82) is 5.26 Å². The molecule has 0 aromatic heterocycles. The maximum atomic E-state index is 12.0. The SMILES string of the molecule is N#Cc1cc(Cl)cc2c1C[C@H](N1CCNCC1)[C@H]2Oc1ccccc1S(N)(=O)=O. The van der Waals surface area contributed by atoms with E-state index in [2.05, 4.69) is 16.3 Å². The zero-order valence-electron chi connectivity index (χ0n) is 15.6. The average Bonchev–Trinajstić information content (AvgIpc) is 3.06. The second-order valence-corrected chi connectivity index (χ2v) is 9.19. The van der Waals surface area contributed by atoms with Crippen molar-refractivity contribution in [3.05, 3.63) is 58.1 Å². The monoisotopic (exact) mass is 432 g/mol. The van der Waals surface area contributed by atoms with Crippen LogP contribution in [-0.2, 0) is 16.4 Å². The fraction of sp³-hybridized carbons (Fsp3) is 0.350. The molecule has 2 atom stereocenters. The largest absolute Gasteiger partial charge is 0.483 e. The van der Waals surface area contributed by atoms with Gasteiger partial charge < -0.3 is 10.1 Å². The van der Waals surface area contributed by atoms with E-state index in [0.717, 1.165) is 37.3 Å². The summed E-state index contributed by atoms with van der Waals surface area (Å²) in [5.74, 6) is 0.200. The van der Waals surface area contributed by atoms with Crippen molar-refractivity contribution >= 4 is 21.6 Å². The van der Waals surface area contributed by atoms with Crippen molar-refractivity contribution in [2.45, 2.75) is 23.5 Å². The third-order valence-electron chi connectivity index (χ3n) is 5.47. The van der Waals surface area contributed by atoms with E-state index in [1.165, 1.54) is 6.07 Å². The van der Waals surface area contributed by atoms with Crippen LogP contribution in [0.5, 0.6) is 5.75 Å². The van der Waals surface area contributed by atoms with E-state index in [1.54, 1.807) is 24.3 Å². The molecule has 2 aromatic carbocycles. The van der Waals surface area contributed by atoms with Gasteiger partial charge in [-0.2, -0.15) is 5.26 Å². The molecule has 3 N–H and O–H groups in total. The van der Waals surface area contributed by atoms with Gasteiger partial charge in [0.05, 0.1) is 17.7 Å². The fourth-order valence-electron chi connectivity index (χ4n) is 4.16. The first-order valence-corrected chi connectivity index (χ1v) is 11.3. The minimum atomic E-state index is -3.94. The van der Waals surface area contributed by atoms with E-state index in [9.17, 15) is 13.7 Å². The van der Waals surface area contributed by atoms with Gasteiger partial charge in [-0.1, -0.05) is 23.7 Å². The Morgan fingerprint density at radius 2 is 1.97 bits per heavy atom. The summed E-state index contributed by atoms with van der Waals surface area (Å²) in [5, 5.41) is 18.7. The van der Waals surface area contributed by atoms with Gasteiger partial charge in [-0.15, -0.1) is 0 Å². The van der Waals surface area contributed by atoms with Gasteiger partial charge in [0.15, 0.2) is 0 Å². The van der Waals surface area contributed by atoms with Gasteiger partial charge >= 0.3 is 0 Å². The van der Waals surface area contributed by atoms with Crippen molar-refractivity contribution in [1.82, 2.24) is 10.2 Å². The highest BCUT2D eigenvalue weighted by Crippen LogP contribution is 2.42. The lowest BCUT2D eigenvalue weighted by Crippen LogP contribution is -2.50. The minimum Gasteiger partial charge on any atom is -0.483 e. The van der Waals surface area contributed by atoms with Crippen LogP contribution in [-0.4, -0.2) is 45.5 Å². The van der Waals surface area contributed by atoms with Crippen LogP contribution in [0.4, 0.5) is 0 Å². The first-order valence-electron chi connectivity index (χ1n) is 9.34. The van der Waals surface area contributed by atoms with Gasteiger partial charge in [0, 0.05) is 31.2 Å². The summed E-state index contributed by atoms with van der Waals surface area (Å²) in [7, 11) is -3.94. The van der Waals surface area contributed by atoms with Crippen molar-refractivity contribution in [2.75, 3.05) is 26.2 Å². The van der Waals surface area contributed by atoms with Gasteiger partial charge in [0.2, 0.25) is 10.0 Å². The Morgan fingerprint density at radius 1 is 1.24 bits per heavy atom. The van der Waals surface area contributed by atoms with Crippen LogP contribution in [0.2, 0.25) is 5.02 Å². The molecule has 0 amide bonds. The molecule has 9 heteroatoms. The first kappa shape index (κ1) is 20.1. The van der Waals surface area contributed by atoms with Gasteiger partial charge in [0.1, 0.15) is 16.7 Å². The Kier molecular flexibility index (Phi) is 5.51. The molecule has 29 heavy (non-hydrogen) atoms. The lowest BCUT2D eigenvalue weighted by Gasteiger charge is -2.36.